The highest BCUT2D eigenvalue weighted by molar-refractivity contribution is 5.43. The molecule has 2 aliphatic heterocycles. The van der Waals surface area contributed by atoms with Crippen molar-refractivity contribution in [3.63, 3.8) is 0 Å². The molecule has 0 amide bonds. The summed E-state index contributed by atoms with van der Waals surface area (Å²) in [6, 6.07) is 9.75. The van der Waals surface area contributed by atoms with Crippen LogP contribution in [0.2, 0.25) is 0 Å². The molecule has 4 atom stereocenters. The lowest BCUT2D eigenvalue weighted by Crippen LogP contribution is -2.50. The first-order valence-corrected chi connectivity index (χ1v) is 7.16. The summed E-state index contributed by atoms with van der Waals surface area (Å²) in [6.45, 7) is 2.45. The molecular formula is C16H21N. The van der Waals surface area contributed by atoms with E-state index in [-0.39, 0.29) is 5.54 Å². The number of fused-ring (bicyclic) bond motifs is 7. The number of rotatable bonds is 0. The number of piperidine rings is 1. The number of hydrogen-bond acceptors (Lipinski definition) is 1. The molecule has 1 heteroatoms. The molecule has 17 heavy (non-hydrogen) atoms. The minimum atomic E-state index is 0.268. The Kier molecular flexibility index (Phi) is 2.00. The molecule has 1 aromatic rings. The van der Waals surface area contributed by atoms with E-state index >= 15 is 0 Å². The monoisotopic (exact) mass is 227 g/mol. The van der Waals surface area contributed by atoms with E-state index < -0.39 is 0 Å². The normalized spacial score (nSPS) is 43.0. The first-order valence-electron chi connectivity index (χ1n) is 7.16. The van der Waals surface area contributed by atoms with E-state index in [9.17, 15) is 0 Å². The molecule has 1 aliphatic carbocycles. The molecule has 3 aliphatic rings. The Morgan fingerprint density at radius 3 is 2.94 bits per heavy atom. The van der Waals surface area contributed by atoms with Crippen LogP contribution in [0.3, 0.4) is 0 Å². The van der Waals surface area contributed by atoms with Crippen molar-refractivity contribution in [3.05, 3.63) is 35.4 Å². The SMILES string of the molecule is CC12N[C@H](CC3CCCCC31)c1ccccc12. The molecular weight excluding hydrogens is 206 g/mol. The maximum atomic E-state index is 3.93. The van der Waals surface area contributed by atoms with E-state index in [0.717, 1.165) is 11.8 Å². The van der Waals surface area contributed by atoms with Crippen molar-refractivity contribution in [2.24, 2.45) is 11.8 Å². The molecule has 1 nitrogen and oxygen atoms in total. The smallest absolute Gasteiger partial charge is 0.0445 e. The molecule has 1 N–H and O–H groups in total. The van der Waals surface area contributed by atoms with Crippen molar-refractivity contribution in [1.29, 1.82) is 0 Å². The number of benzene rings is 1. The van der Waals surface area contributed by atoms with Crippen molar-refractivity contribution >= 4 is 0 Å². The third kappa shape index (κ3) is 1.24. The molecule has 2 bridgehead atoms. The summed E-state index contributed by atoms with van der Waals surface area (Å²) < 4.78 is 0. The third-order valence-electron chi connectivity index (χ3n) is 5.56. The highest BCUT2D eigenvalue weighted by Crippen LogP contribution is 2.55. The van der Waals surface area contributed by atoms with Gasteiger partial charge in [0.05, 0.1) is 0 Å². The van der Waals surface area contributed by atoms with Crippen LogP contribution in [-0.2, 0) is 5.54 Å². The van der Waals surface area contributed by atoms with Crippen LogP contribution in [0.25, 0.3) is 0 Å². The van der Waals surface area contributed by atoms with Crippen LogP contribution in [0.4, 0.5) is 0 Å². The Hall–Kier alpha value is -0.820. The van der Waals surface area contributed by atoms with Gasteiger partial charge in [0.15, 0.2) is 0 Å². The highest BCUT2D eigenvalue weighted by atomic mass is 15.1. The van der Waals surface area contributed by atoms with Gasteiger partial charge < -0.3 is 5.32 Å². The van der Waals surface area contributed by atoms with Crippen LogP contribution in [0.1, 0.15) is 56.2 Å². The fourth-order valence-electron chi connectivity index (χ4n) is 4.84. The molecule has 90 valence electrons. The molecule has 4 rings (SSSR count). The van der Waals surface area contributed by atoms with Crippen LogP contribution < -0.4 is 5.32 Å². The highest BCUT2D eigenvalue weighted by Gasteiger charge is 2.52. The Bertz CT molecular complexity index is 453. The van der Waals surface area contributed by atoms with Crippen LogP contribution in [0, 0.1) is 11.8 Å². The third-order valence-corrected chi connectivity index (χ3v) is 5.56. The van der Waals surface area contributed by atoms with Crippen molar-refractivity contribution < 1.29 is 0 Å². The predicted octanol–water partition coefficient (Wildman–Crippen LogP) is 3.76. The van der Waals surface area contributed by atoms with Gasteiger partial charge in [-0.1, -0.05) is 43.5 Å². The lowest BCUT2D eigenvalue weighted by molar-refractivity contribution is 0.0591. The van der Waals surface area contributed by atoms with Crippen molar-refractivity contribution in [1.82, 2.24) is 5.32 Å². The summed E-state index contributed by atoms with van der Waals surface area (Å²) in [7, 11) is 0. The summed E-state index contributed by atoms with van der Waals surface area (Å²) in [5.74, 6) is 1.84. The van der Waals surface area contributed by atoms with Gasteiger partial charge in [-0.15, -0.1) is 0 Å². The average Bonchev–Trinajstić information content (AvgIpc) is 2.61. The van der Waals surface area contributed by atoms with Gasteiger partial charge in [-0.3, -0.25) is 0 Å². The summed E-state index contributed by atoms with van der Waals surface area (Å²) in [5, 5.41) is 3.93. The lowest BCUT2D eigenvalue weighted by atomic mass is 9.65. The van der Waals surface area contributed by atoms with Gasteiger partial charge in [-0.2, -0.15) is 0 Å². The lowest BCUT2D eigenvalue weighted by Gasteiger charge is -2.47. The van der Waals surface area contributed by atoms with E-state index in [1.807, 2.05) is 0 Å². The zero-order chi connectivity index (χ0) is 11.5. The van der Waals surface area contributed by atoms with Gasteiger partial charge in [0, 0.05) is 11.6 Å². The quantitative estimate of drug-likeness (QED) is 0.711. The second-order valence-electron chi connectivity index (χ2n) is 6.37. The summed E-state index contributed by atoms with van der Waals surface area (Å²) in [6.07, 6.45) is 7.16. The minimum Gasteiger partial charge on any atom is -0.300 e. The van der Waals surface area contributed by atoms with Gasteiger partial charge in [0.2, 0.25) is 0 Å². The number of hydrogen-bond donors (Lipinski definition) is 1. The molecule has 1 aromatic carbocycles. The van der Waals surface area contributed by atoms with E-state index in [0.29, 0.717) is 6.04 Å². The fourth-order valence-corrected chi connectivity index (χ4v) is 4.84. The topological polar surface area (TPSA) is 12.0 Å². The van der Waals surface area contributed by atoms with E-state index in [1.165, 1.54) is 32.1 Å². The summed E-state index contributed by atoms with van der Waals surface area (Å²) in [4.78, 5) is 0. The van der Waals surface area contributed by atoms with Crippen LogP contribution in [-0.4, -0.2) is 0 Å². The second-order valence-corrected chi connectivity index (χ2v) is 6.37. The Morgan fingerprint density at radius 1 is 1.18 bits per heavy atom. The van der Waals surface area contributed by atoms with Crippen molar-refractivity contribution in [2.75, 3.05) is 0 Å². The Morgan fingerprint density at radius 2 is 2.00 bits per heavy atom. The standard InChI is InChI=1S/C16H21N/c1-16-13-8-4-2-6-11(13)10-15(17-16)12-7-3-5-9-14(12)16/h3,5,7,9,11,13,15,17H,2,4,6,8,10H2,1H3/t11?,13?,15-,16?/m1/s1. The zero-order valence-electron chi connectivity index (χ0n) is 10.6. The Labute approximate surface area is 104 Å². The van der Waals surface area contributed by atoms with Gasteiger partial charge in [0.1, 0.15) is 0 Å². The van der Waals surface area contributed by atoms with Crippen molar-refractivity contribution in [3.8, 4) is 0 Å². The van der Waals surface area contributed by atoms with Gasteiger partial charge in [0.25, 0.3) is 0 Å². The molecule has 1 saturated heterocycles. The number of nitrogens with one attached hydrogen (secondary N) is 1. The van der Waals surface area contributed by atoms with E-state index in [4.69, 9.17) is 0 Å². The predicted molar refractivity (Wildman–Crippen MR) is 69.7 cm³/mol. The molecule has 2 heterocycles. The fraction of sp³-hybridized carbons (Fsp3) is 0.625. The second kappa shape index (κ2) is 3.35. The zero-order valence-corrected chi connectivity index (χ0v) is 10.6. The average molecular weight is 227 g/mol. The van der Waals surface area contributed by atoms with Crippen LogP contribution in [0.15, 0.2) is 24.3 Å². The van der Waals surface area contributed by atoms with Crippen molar-refractivity contribution in [2.45, 2.75) is 50.6 Å². The van der Waals surface area contributed by atoms with Gasteiger partial charge >= 0.3 is 0 Å². The van der Waals surface area contributed by atoms with E-state index in [2.05, 4.69) is 36.5 Å². The first kappa shape index (κ1) is 10.1. The van der Waals surface area contributed by atoms with E-state index in [1.54, 1.807) is 11.1 Å². The largest absolute Gasteiger partial charge is 0.300 e. The molecule has 0 radical (unpaired) electrons. The molecule has 3 unspecified atom stereocenters. The molecule has 0 aromatic heterocycles. The maximum absolute atomic E-state index is 3.93. The van der Waals surface area contributed by atoms with Crippen LogP contribution in [0.5, 0.6) is 0 Å². The maximum Gasteiger partial charge on any atom is 0.0445 e. The minimum absolute atomic E-state index is 0.268. The molecule has 2 fully saturated rings. The summed E-state index contributed by atoms with van der Waals surface area (Å²) >= 11 is 0. The Balaban J connectivity index is 1.85. The van der Waals surface area contributed by atoms with Gasteiger partial charge in [-0.05, 0) is 42.7 Å². The first-order chi connectivity index (χ1) is 8.29. The van der Waals surface area contributed by atoms with Gasteiger partial charge in [-0.25, -0.2) is 0 Å². The van der Waals surface area contributed by atoms with Crippen LogP contribution >= 0.6 is 0 Å². The summed E-state index contributed by atoms with van der Waals surface area (Å²) in [5.41, 5.74) is 3.45. The molecule has 1 saturated carbocycles. The molecule has 0 spiro atoms.